The first kappa shape index (κ1) is 31.1. The maximum Gasteiger partial charge on any atom is 0.164 e. The summed E-state index contributed by atoms with van der Waals surface area (Å²) in [7, 11) is 0. The Bertz CT molecular complexity index is 3120. The van der Waals surface area contributed by atoms with Gasteiger partial charge in [0, 0.05) is 27.6 Å². The number of benzene rings is 9. The lowest BCUT2D eigenvalue weighted by molar-refractivity contribution is 0.487. The number of hydrogen-bond acceptors (Lipinski definition) is 4. The summed E-state index contributed by atoms with van der Waals surface area (Å²) in [4.78, 5) is 15.4. The monoisotopic (exact) mass is 701 g/mol. The smallest absolute Gasteiger partial charge is 0.164 e. The van der Waals surface area contributed by atoms with Crippen molar-refractivity contribution in [3.05, 3.63) is 188 Å². The molecule has 11 rings (SSSR count). The lowest BCUT2D eigenvalue weighted by atomic mass is 9.90. The number of hydrogen-bond donors (Lipinski definition) is 0. The lowest BCUT2D eigenvalue weighted by Crippen LogP contribution is -2.02. The third-order valence-corrected chi connectivity index (χ3v) is 10.7. The van der Waals surface area contributed by atoms with Gasteiger partial charge in [-0.3, -0.25) is 0 Å². The molecular formula is C51H31N3O. The molecule has 0 amide bonds. The fourth-order valence-corrected chi connectivity index (χ4v) is 7.93. The van der Waals surface area contributed by atoms with Crippen molar-refractivity contribution in [1.29, 1.82) is 0 Å². The van der Waals surface area contributed by atoms with Crippen LogP contribution in [0.4, 0.5) is 0 Å². The molecule has 1 aromatic heterocycles. The van der Waals surface area contributed by atoms with E-state index in [0.29, 0.717) is 17.5 Å². The van der Waals surface area contributed by atoms with Gasteiger partial charge in [-0.15, -0.1) is 0 Å². The molecule has 0 fully saturated rings. The van der Waals surface area contributed by atoms with E-state index in [1.54, 1.807) is 0 Å². The Morgan fingerprint density at radius 2 is 0.818 bits per heavy atom. The Morgan fingerprint density at radius 3 is 1.53 bits per heavy atom. The Balaban J connectivity index is 1.06. The van der Waals surface area contributed by atoms with Crippen LogP contribution < -0.4 is 4.74 Å². The van der Waals surface area contributed by atoms with Crippen molar-refractivity contribution >= 4 is 32.3 Å². The van der Waals surface area contributed by atoms with E-state index in [4.69, 9.17) is 19.7 Å². The molecular weight excluding hydrogens is 671 g/mol. The summed E-state index contributed by atoms with van der Waals surface area (Å²) >= 11 is 0. The highest BCUT2D eigenvalue weighted by molar-refractivity contribution is 6.10. The molecule has 0 aliphatic carbocycles. The van der Waals surface area contributed by atoms with Crippen LogP contribution >= 0.6 is 0 Å². The molecule has 2 heterocycles. The van der Waals surface area contributed by atoms with Crippen LogP contribution in [0.25, 0.3) is 99.9 Å². The van der Waals surface area contributed by atoms with Crippen LogP contribution in [-0.2, 0) is 0 Å². The van der Waals surface area contributed by atoms with Gasteiger partial charge >= 0.3 is 0 Å². The van der Waals surface area contributed by atoms with Crippen molar-refractivity contribution in [2.24, 2.45) is 0 Å². The molecule has 0 N–H and O–H groups in total. The predicted molar refractivity (Wildman–Crippen MR) is 225 cm³/mol. The summed E-state index contributed by atoms with van der Waals surface area (Å²) in [5.41, 5.74) is 9.63. The van der Waals surface area contributed by atoms with Crippen molar-refractivity contribution in [3.63, 3.8) is 0 Å². The summed E-state index contributed by atoms with van der Waals surface area (Å²) in [6.07, 6.45) is 0. The zero-order valence-electron chi connectivity index (χ0n) is 29.6. The topological polar surface area (TPSA) is 47.9 Å². The minimum absolute atomic E-state index is 0.603. The van der Waals surface area contributed by atoms with E-state index >= 15 is 0 Å². The highest BCUT2D eigenvalue weighted by Gasteiger charge is 2.23. The van der Waals surface area contributed by atoms with E-state index in [1.807, 2.05) is 12.1 Å². The first-order chi connectivity index (χ1) is 27.2. The normalized spacial score (nSPS) is 11.8. The second kappa shape index (κ2) is 12.6. The van der Waals surface area contributed by atoms with E-state index in [0.717, 1.165) is 66.2 Å². The molecule has 0 bridgehead atoms. The molecule has 0 saturated carbocycles. The van der Waals surface area contributed by atoms with Crippen LogP contribution in [0.15, 0.2) is 188 Å². The van der Waals surface area contributed by atoms with Crippen molar-refractivity contribution in [2.75, 3.05) is 0 Å². The van der Waals surface area contributed by atoms with E-state index in [2.05, 4.69) is 176 Å². The number of aromatic nitrogens is 3. The van der Waals surface area contributed by atoms with E-state index in [-0.39, 0.29) is 0 Å². The predicted octanol–water partition coefficient (Wildman–Crippen LogP) is 13.4. The maximum atomic E-state index is 6.58. The van der Waals surface area contributed by atoms with Crippen LogP contribution in [0.1, 0.15) is 0 Å². The highest BCUT2D eigenvalue weighted by Crippen LogP contribution is 2.49. The summed E-state index contributed by atoms with van der Waals surface area (Å²) in [5, 5.41) is 6.85. The van der Waals surface area contributed by atoms with Gasteiger partial charge in [-0.05, 0) is 97.2 Å². The molecule has 0 radical (unpaired) electrons. The fraction of sp³-hybridized carbons (Fsp3) is 0. The van der Waals surface area contributed by atoms with Gasteiger partial charge in [0.15, 0.2) is 17.5 Å². The molecule has 0 saturated heterocycles. The molecule has 0 atom stereocenters. The molecule has 0 unspecified atom stereocenters. The Labute approximate surface area is 318 Å². The Hall–Kier alpha value is -7.43. The zero-order chi connectivity index (χ0) is 36.3. The summed E-state index contributed by atoms with van der Waals surface area (Å²) < 4.78 is 6.58. The van der Waals surface area contributed by atoms with Crippen LogP contribution in [0.2, 0.25) is 0 Å². The number of nitrogens with zero attached hydrogens (tertiary/aromatic N) is 3. The lowest BCUT2D eigenvalue weighted by Gasteiger charge is -2.23. The highest BCUT2D eigenvalue weighted by atomic mass is 16.5. The minimum Gasteiger partial charge on any atom is -0.456 e. The van der Waals surface area contributed by atoms with Gasteiger partial charge in [0.05, 0.1) is 0 Å². The maximum absolute atomic E-state index is 6.58. The van der Waals surface area contributed by atoms with Crippen LogP contribution in [0.3, 0.4) is 0 Å². The largest absolute Gasteiger partial charge is 0.456 e. The third-order valence-electron chi connectivity index (χ3n) is 10.7. The van der Waals surface area contributed by atoms with Crippen molar-refractivity contribution in [1.82, 2.24) is 15.0 Å². The summed E-state index contributed by atoms with van der Waals surface area (Å²) in [5.74, 6) is 3.52. The van der Waals surface area contributed by atoms with Crippen LogP contribution in [-0.4, -0.2) is 15.0 Å². The third kappa shape index (κ3) is 5.43. The van der Waals surface area contributed by atoms with Crippen molar-refractivity contribution < 1.29 is 4.74 Å². The molecule has 10 aromatic rings. The van der Waals surface area contributed by atoms with Gasteiger partial charge in [0.2, 0.25) is 0 Å². The number of rotatable bonds is 5. The van der Waals surface area contributed by atoms with E-state index in [1.165, 1.54) is 27.6 Å². The molecule has 4 heteroatoms. The standard InChI is InChI=1S/C51H31N3O/c1-3-10-32(11-4-1)36-19-20-38-30-40(23-21-37(38)28-36)50-52-49(39-22-18-33-12-7-8-15-35(33)29-39)53-51(54-50)41-24-26-46-45(31-41)44-17-9-16-43-42(34-13-5-2-6-14-34)25-27-47(55-46)48(43)44/h1-31H. The average molecular weight is 702 g/mol. The summed E-state index contributed by atoms with van der Waals surface area (Å²) in [6.45, 7) is 0. The number of fused-ring (bicyclic) bond motifs is 4. The molecule has 9 aromatic carbocycles. The van der Waals surface area contributed by atoms with Gasteiger partial charge < -0.3 is 4.74 Å². The molecule has 1 aliphatic heterocycles. The van der Waals surface area contributed by atoms with Gasteiger partial charge in [0.1, 0.15) is 11.5 Å². The first-order valence-corrected chi connectivity index (χ1v) is 18.5. The minimum atomic E-state index is 0.603. The summed E-state index contributed by atoms with van der Waals surface area (Å²) in [6, 6.07) is 65.8. The quantitative estimate of drug-likeness (QED) is 0.179. The molecule has 4 nitrogen and oxygen atoms in total. The van der Waals surface area contributed by atoms with Gasteiger partial charge in [-0.25, -0.2) is 15.0 Å². The number of ether oxygens (including phenoxy) is 1. The van der Waals surface area contributed by atoms with Gasteiger partial charge in [-0.1, -0.05) is 146 Å². The van der Waals surface area contributed by atoms with Gasteiger partial charge in [0.25, 0.3) is 0 Å². The Morgan fingerprint density at radius 1 is 0.291 bits per heavy atom. The Kier molecular flexibility index (Phi) is 7.14. The molecule has 1 aliphatic rings. The molecule has 55 heavy (non-hydrogen) atoms. The second-order valence-corrected chi connectivity index (χ2v) is 14.0. The van der Waals surface area contributed by atoms with Crippen molar-refractivity contribution in [2.45, 2.75) is 0 Å². The van der Waals surface area contributed by atoms with Crippen LogP contribution in [0.5, 0.6) is 11.5 Å². The fourth-order valence-electron chi connectivity index (χ4n) is 7.93. The molecule has 256 valence electrons. The SMILES string of the molecule is c1ccc(-c2ccc3cc(-c4nc(-c5ccc6c(c5)-c5cccc7c(-c8ccccc8)ccc(c57)O6)nc(-c5ccc6ccccc6c5)n4)ccc3c2)cc1. The zero-order valence-corrected chi connectivity index (χ0v) is 29.6. The van der Waals surface area contributed by atoms with Crippen molar-refractivity contribution in [3.8, 4) is 79.0 Å². The van der Waals surface area contributed by atoms with E-state index in [9.17, 15) is 0 Å². The first-order valence-electron chi connectivity index (χ1n) is 18.5. The average Bonchev–Trinajstić information content (AvgIpc) is 3.26. The van der Waals surface area contributed by atoms with Gasteiger partial charge in [-0.2, -0.15) is 0 Å². The molecule has 0 spiro atoms. The van der Waals surface area contributed by atoms with E-state index < -0.39 is 0 Å². The second-order valence-electron chi connectivity index (χ2n) is 14.0. The van der Waals surface area contributed by atoms with Crippen LogP contribution in [0, 0.1) is 0 Å².